The molecule has 0 atom stereocenters. The first-order valence-electron chi connectivity index (χ1n) is 9.25. The van der Waals surface area contributed by atoms with E-state index >= 15 is 0 Å². The number of hydrogen-bond acceptors (Lipinski definition) is 5. The van der Waals surface area contributed by atoms with Gasteiger partial charge in [0.05, 0.1) is 19.6 Å². The van der Waals surface area contributed by atoms with E-state index in [1.165, 1.54) is 0 Å². The monoisotopic (exact) mass is 356 g/mol. The molecule has 25 heavy (non-hydrogen) atoms. The maximum Gasteiger partial charge on any atom is 0.409 e. The summed E-state index contributed by atoms with van der Waals surface area (Å²) in [5.41, 5.74) is 0. The van der Waals surface area contributed by atoms with Crippen molar-refractivity contribution in [2.45, 2.75) is 59.4 Å². The minimum absolute atomic E-state index is 0.0475. The van der Waals surface area contributed by atoms with Crippen LogP contribution in [-0.4, -0.2) is 66.7 Å². The number of hydrogen-bond donors (Lipinski definition) is 0. The van der Waals surface area contributed by atoms with Crippen LogP contribution in [0.3, 0.4) is 0 Å². The molecular formula is C18H32N2O5. The first-order valence-corrected chi connectivity index (χ1v) is 9.25. The van der Waals surface area contributed by atoms with Gasteiger partial charge in [0.1, 0.15) is 0 Å². The molecule has 0 unspecified atom stereocenters. The summed E-state index contributed by atoms with van der Waals surface area (Å²) in [5.74, 6) is 0.0416. The highest BCUT2D eigenvalue weighted by atomic mass is 16.6. The van der Waals surface area contributed by atoms with Crippen molar-refractivity contribution in [3.8, 4) is 0 Å². The molecule has 1 rings (SSSR count). The predicted molar refractivity (Wildman–Crippen MR) is 94.0 cm³/mol. The number of rotatable bonds is 8. The molecule has 1 aliphatic rings. The Morgan fingerprint density at radius 1 is 1.08 bits per heavy atom. The first kappa shape index (κ1) is 21.3. The Morgan fingerprint density at radius 3 is 2.20 bits per heavy atom. The lowest BCUT2D eigenvalue weighted by Gasteiger charge is -2.38. The topological polar surface area (TPSA) is 76.2 Å². The zero-order valence-corrected chi connectivity index (χ0v) is 16.0. The zero-order valence-electron chi connectivity index (χ0n) is 16.0. The van der Waals surface area contributed by atoms with E-state index in [-0.39, 0.29) is 36.4 Å². The van der Waals surface area contributed by atoms with Crippen LogP contribution in [0.25, 0.3) is 0 Å². The molecule has 1 aliphatic heterocycles. The second-order valence-electron chi connectivity index (χ2n) is 6.66. The average molecular weight is 356 g/mol. The van der Waals surface area contributed by atoms with E-state index in [9.17, 15) is 14.4 Å². The third kappa shape index (κ3) is 7.32. The van der Waals surface area contributed by atoms with Gasteiger partial charge in [-0.2, -0.15) is 0 Å². The first-order chi connectivity index (χ1) is 11.9. The van der Waals surface area contributed by atoms with Crippen LogP contribution in [0.1, 0.15) is 53.4 Å². The second kappa shape index (κ2) is 10.9. The third-order valence-corrected chi connectivity index (χ3v) is 4.20. The van der Waals surface area contributed by atoms with Gasteiger partial charge >= 0.3 is 12.1 Å². The van der Waals surface area contributed by atoms with Crippen LogP contribution in [-0.2, 0) is 19.1 Å². The van der Waals surface area contributed by atoms with Gasteiger partial charge in [0, 0.05) is 32.1 Å². The predicted octanol–water partition coefficient (Wildman–Crippen LogP) is 2.44. The number of carbonyl (C=O) groups excluding carboxylic acids is 3. The molecular weight excluding hydrogens is 324 g/mol. The Labute approximate surface area is 150 Å². The molecule has 0 aliphatic carbocycles. The van der Waals surface area contributed by atoms with Gasteiger partial charge in [0.25, 0.3) is 0 Å². The summed E-state index contributed by atoms with van der Waals surface area (Å²) in [5, 5.41) is 0. The van der Waals surface area contributed by atoms with E-state index in [0.29, 0.717) is 52.1 Å². The maximum absolute atomic E-state index is 12.6. The Morgan fingerprint density at radius 2 is 1.68 bits per heavy atom. The highest BCUT2D eigenvalue weighted by Crippen LogP contribution is 2.20. The van der Waals surface area contributed by atoms with Gasteiger partial charge in [-0.1, -0.05) is 13.8 Å². The van der Waals surface area contributed by atoms with Crippen LogP contribution in [0.5, 0.6) is 0 Å². The van der Waals surface area contributed by atoms with Crippen LogP contribution in [0.4, 0.5) is 4.79 Å². The van der Waals surface area contributed by atoms with Crippen LogP contribution in [0, 0.1) is 5.92 Å². The molecule has 1 saturated heterocycles. The fourth-order valence-corrected chi connectivity index (χ4v) is 3.00. The molecule has 0 N–H and O–H groups in total. The molecule has 0 aromatic rings. The molecule has 0 spiro atoms. The lowest BCUT2D eigenvalue weighted by atomic mass is 10.0. The van der Waals surface area contributed by atoms with Crippen LogP contribution in [0.15, 0.2) is 0 Å². The summed E-state index contributed by atoms with van der Waals surface area (Å²) in [6.07, 6.45) is 1.76. The summed E-state index contributed by atoms with van der Waals surface area (Å²) in [7, 11) is 0. The number of ether oxygens (including phenoxy) is 2. The van der Waals surface area contributed by atoms with Crippen LogP contribution in [0.2, 0.25) is 0 Å². The molecule has 0 saturated carbocycles. The summed E-state index contributed by atoms with van der Waals surface area (Å²) < 4.78 is 10.00. The summed E-state index contributed by atoms with van der Waals surface area (Å²) in [4.78, 5) is 39.6. The van der Waals surface area contributed by atoms with Crippen molar-refractivity contribution in [1.82, 2.24) is 9.80 Å². The Balaban J connectivity index is 2.64. The largest absolute Gasteiger partial charge is 0.466 e. The molecule has 0 aromatic heterocycles. The molecule has 0 aromatic carbocycles. The van der Waals surface area contributed by atoms with E-state index in [4.69, 9.17) is 9.47 Å². The lowest BCUT2D eigenvalue weighted by Crippen LogP contribution is -2.49. The van der Waals surface area contributed by atoms with Crippen molar-refractivity contribution in [3.63, 3.8) is 0 Å². The van der Waals surface area contributed by atoms with Gasteiger partial charge in [-0.25, -0.2) is 4.79 Å². The smallest absolute Gasteiger partial charge is 0.409 e. The molecule has 144 valence electrons. The van der Waals surface area contributed by atoms with Crippen molar-refractivity contribution in [2.75, 3.05) is 32.8 Å². The van der Waals surface area contributed by atoms with Gasteiger partial charge in [0.2, 0.25) is 5.91 Å². The highest BCUT2D eigenvalue weighted by Gasteiger charge is 2.30. The van der Waals surface area contributed by atoms with Gasteiger partial charge in [-0.05, 0) is 32.6 Å². The van der Waals surface area contributed by atoms with E-state index in [0.717, 1.165) is 0 Å². The number of nitrogens with zero attached hydrogens (tertiary/aromatic N) is 2. The molecule has 0 bridgehead atoms. The molecule has 7 nitrogen and oxygen atoms in total. The maximum atomic E-state index is 12.6. The number of carbonyl (C=O) groups is 3. The van der Waals surface area contributed by atoms with Crippen molar-refractivity contribution in [2.24, 2.45) is 5.92 Å². The van der Waals surface area contributed by atoms with Crippen molar-refractivity contribution < 1.29 is 23.9 Å². The molecule has 7 heteroatoms. The Bertz CT molecular complexity index is 445. The molecule has 2 amide bonds. The highest BCUT2D eigenvalue weighted by molar-refractivity contribution is 5.78. The van der Waals surface area contributed by atoms with E-state index in [1.54, 1.807) is 23.6 Å². The minimum atomic E-state index is -0.299. The third-order valence-electron chi connectivity index (χ3n) is 4.20. The Kier molecular flexibility index (Phi) is 9.31. The SMILES string of the molecule is CCOC(=O)CCN(C(=O)CC(C)C)C1CCN(C(=O)OCC)CC1. The number of piperidine rings is 1. The summed E-state index contributed by atoms with van der Waals surface area (Å²) >= 11 is 0. The number of esters is 1. The van der Waals surface area contributed by atoms with Crippen molar-refractivity contribution >= 4 is 18.0 Å². The van der Waals surface area contributed by atoms with E-state index in [1.807, 2.05) is 13.8 Å². The van der Waals surface area contributed by atoms with E-state index < -0.39 is 0 Å². The van der Waals surface area contributed by atoms with Gasteiger partial charge in [0.15, 0.2) is 0 Å². The van der Waals surface area contributed by atoms with Gasteiger partial charge in [-0.3, -0.25) is 9.59 Å². The summed E-state index contributed by atoms with van der Waals surface area (Å²) in [6, 6.07) is 0.0475. The normalized spacial score (nSPS) is 15.2. The average Bonchev–Trinajstić information content (AvgIpc) is 2.55. The van der Waals surface area contributed by atoms with Gasteiger partial charge in [-0.15, -0.1) is 0 Å². The fraction of sp³-hybridized carbons (Fsp3) is 0.833. The molecule has 0 radical (unpaired) electrons. The van der Waals surface area contributed by atoms with E-state index in [2.05, 4.69) is 0 Å². The van der Waals surface area contributed by atoms with Crippen molar-refractivity contribution in [1.29, 1.82) is 0 Å². The van der Waals surface area contributed by atoms with Crippen molar-refractivity contribution in [3.05, 3.63) is 0 Å². The number of likely N-dealkylation sites (tertiary alicyclic amines) is 1. The van der Waals surface area contributed by atoms with Crippen LogP contribution < -0.4 is 0 Å². The lowest BCUT2D eigenvalue weighted by molar-refractivity contribution is -0.144. The molecule has 1 heterocycles. The fourth-order valence-electron chi connectivity index (χ4n) is 3.00. The van der Waals surface area contributed by atoms with Gasteiger partial charge < -0.3 is 19.3 Å². The quantitative estimate of drug-likeness (QED) is 0.624. The zero-order chi connectivity index (χ0) is 18.8. The standard InChI is InChI=1S/C18H32N2O5/c1-5-24-17(22)9-12-20(16(21)13-14(3)4)15-7-10-19(11-8-15)18(23)25-6-2/h14-15H,5-13H2,1-4H3. The second-order valence-corrected chi connectivity index (χ2v) is 6.66. The number of amides is 2. The minimum Gasteiger partial charge on any atom is -0.466 e. The Hall–Kier alpha value is -1.79. The van der Waals surface area contributed by atoms with Crippen LogP contribution >= 0.6 is 0 Å². The summed E-state index contributed by atoms with van der Waals surface area (Å²) in [6.45, 7) is 9.76. The molecule has 1 fully saturated rings.